The second kappa shape index (κ2) is 6.95. The highest BCUT2D eigenvalue weighted by atomic mass is 19.1. The Morgan fingerprint density at radius 1 is 1.14 bits per heavy atom. The number of hydrogen-bond donors (Lipinski definition) is 1. The van der Waals surface area contributed by atoms with Crippen molar-refractivity contribution in [3.8, 4) is 0 Å². The fourth-order valence-corrected chi connectivity index (χ4v) is 2.26. The number of halogens is 1. The molecular formula is C16H17FN2O2. The lowest BCUT2D eigenvalue weighted by Gasteiger charge is -2.09. The Kier molecular flexibility index (Phi) is 5.00. The molecule has 0 bridgehead atoms. The number of benzene rings is 2. The number of aryl methyl sites for hydroxylation is 1. The van der Waals surface area contributed by atoms with E-state index in [4.69, 9.17) is 0 Å². The van der Waals surface area contributed by atoms with E-state index in [1.165, 1.54) is 23.3 Å². The molecule has 0 unspecified atom stereocenters. The summed E-state index contributed by atoms with van der Waals surface area (Å²) in [6, 6.07) is 11.7. The molecule has 0 aliphatic heterocycles. The van der Waals surface area contributed by atoms with Crippen molar-refractivity contribution in [3.05, 3.63) is 75.1 Å². The van der Waals surface area contributed by atoms with Crippen molar-refractivity contribution in [2.24, 2.45) is 0 Å². The van der Waals surface area contributed by atoms with Crippen LogP contribution in [-0.4, -0.2) is 4.92 Å². The maximum Gasteiger partial charge on any atom is 0.272 e. The van der Waals surface area contributed by atoms with Gasteiger partial charge < -0.3 is 5.32 Å². The topological polar surface area (TPSA) is 55.2 Å². The summed E-state index contributed by atoms with van der Waals surface area (Å²) in [5.74, 6) is -0.588. The van der Waals surface area contributed by atoms with Gasteiger partial charge in [0.05, 0.1) is 11.0 Å². The first-order valence-electron chi connectivity index (χ1n) is 6.81. The SMILES string of the molecule is CCc1ccccc1CNCc1cc(F)cc([N+](=O)[O-])c1. The fourth-order valence-electron chi connectivity index (χ4n) is 2.26. The molecule has 0 heterocycles. The van der Waals surface area contributed by atoms with E-state index in [2.05, 4.69) is 18.3 Å². The first kappa shape index (κ1) is 15.1. The minimum Gasteiger partial charge on any atom is -0.309 e. The first-order chi connectivity index (χ1) is 10.1. The highest BCUT2D eigenvalue weighted by molar-refractivity contribution is 5.35. The lowest BCUT2D eigenvalue weighted by atomic mass is 10.1. The predicted octanol–water partition coefficient (Wildman–Crippen LogP) is 3.59. The molecule has 0 fully saturated rings. The van der Waals surface area contributed by atoms with Gasteiger partial charge in [-0.25, -0.2) is 4.39 Å². The second-order valence-corrected chi connectivity index (χ2v) is 4.80. The molecule has 2 rings (SSSR count). The van der Waals surface area contributed by atoms with Gasteiger partial charge in [0.15, 0.2) is 0 Å². The molecule has 0 aliphatic carbocycles. The van der Waals surface area contributed by atoms with E-state index < -0.39 is 10.7 Å². The van der Waals surface area contributed by atoms with Gasteiger partial charge >= 0.3 is 0 Å². The van der Waals surface area contributed by atoms with E-state index in [0.29, 0.717) is 18.7 Å². The van der Waals surface area contributed by atoms with Crippen LogP contribution in [0, 0.1) is 15.9 Å². The molecule has 2 aromatic carbocycles. The lowest BCUT2D eigenvalue weighted by Crippen LogP contribution is -2.14. The summed E-state index contributed by atoms with van der Waals surface area (Å²) >= 11 is 0. The minimum absolute atomic E-state index is 0.222. The third kappa shape index (κ3) is 4.10. The quantitative estimate of drug-likeness (QED) is 0.653. The van der Waals surface area contributed by atoms with Crippen LogP contribution < -0.4 is 5.32 Å². The van der Waals surface area contributed by atoms with Crippen molar-refractivity contribution in [2.75, 3.05) is 0 Å². The molecule has 5 heteroatoms. The molecule has 2 aromatic rings. The van der Waals surface area contributed by atoms with Gasteiger partial charge in [-0.1, -0.05) is 31.2 Å². The van der Waals surface area contributed by atoms with Crippen LogP contribution in [0.4, 0.5) is 10.1 Å². The van der Waals surface area contributed by atoms with Crippen molar-refractivity contribution in [2.45, 2.75) is 26.4 Å². The Hall–Kier alpha value is -2.27. The van der Waals surface area contributed by atoms with Gasteiger partial charge in [-0.3, -0.25) is 10.1 Å². The number of nitrogens with zero attached hydrogens (tertiary/aromatic N) is 1. The van der Waals surface area contributed by atoms with Crippen molar-refractivity contribution < 1.29 is 9.31 Å². The van der Waals surface area contributed by atoms with Gasteiger partial charge in [0.1, 0.15) is 5.82 Å². The summed E-state index contributed by atoms with van der Waals surface area (Å²) in [6.07, 6.45) is 0.948. The highest BCUT2D eigenvalue weighted by Gasteiger charge is 2.09. The van der Waals surface area contributed by atoms with E-state index >= 15 is 0 Å². The van der Waals surface area contributed by atoms with Crippen LogP contribution in [0.5, 0.6) is 0 Å². The largest absolute Gasteiger partial charge is 0.309 e. The third-order valence-corrected chi connectivity index (χ3v) is 3.30. The third-order valence-electron chi connectivity index (χ3n) is 3.30. The molecule has 110 valence electrons. The van der Waals surface area contributed by atoms with Crippen molar-refractivity contribution in [3.63, 3.8) is 0 Å². The average molecular weight is 288 g/mol. The summed E-state index contributed by atoms with van der Waals surface area (Å²) in [7, 11) is 0. The molecule has 1 N–H and O–H groups in total. The monoisotopic (exact) mass is 288 g/mol. The van der Waals surface area contributed by atoms with Gasteiger partial charge in [-0.2, -0.15) is 0 Å². The van der Waals surface area contributed by atoms with Crippen LogP contribution in [0.25, 0.3) is 0 Å². The molecule has 0 spiro atoms. The average Bonchev–Trinajstić information content (AvgIpc) is 2.47. The Balaban J connectivity index is 2.02. The number of nitrogens with one attached hydrogen (secondary N) is 1. The number of non-ortho nitro benzene ring substituents is 1. The molecule has 21 heavy (non-hydrogen) atoms. The normalized spacial score (nSPS) is 10.6. The molecule has 0 radical (unpaired) electrons. The van der Waals surface area contributed by atoms with E-state index in [-0.39, 0.29) is 5.69 Å². The summed E-state index contributed by atoms with van der Waals surface area (Å²) in [4.78, 5) is 10.1. The molecule has 0 atom stereocenters. The summed E-state index contributed by atoms with van der Waals surface area (Å²) in [5.41, 5.74) is 2.79. The molecular weight excluding hydrogens is 271 g/mol. The van der Waals surface area contributed by atoms with Gasteiger partial charge in [0.25, 0.3) is 5.69 Å². The molecule has 4 nitrogen and oxygen atoms in total. The van der Waals surface area contributed by atoms with Crippen LogP contribution in [0.1, 0.15) is 23.6 Å². The van der Waals surface area contributed by atoms with E-state index in [1.54, 1.807) is 0 Å². The first-order valence-corrected chi connectivity index (χ1v) is 6.81. The zero-order valence-electron chi connectivity index (χ0n) is 11.8. The summed E-state index contributed by atoms with van der Waals surface area (Å²) < 4.78 is 13.3. The molecule has 0 saturated heterocycles. The van der Waals surface area contributed by atoms with Crippen LogP contribution in [0.2, 0.25) is 0 Å². The molecule has 0 aliphatic rings. The summed E-state index contributed by atoms with van der Waals surface area (Å²) in [5, 5.41) is 13.9. The van der Waals surface area contributed by atoms with Crippen LogP contribution in [0.15, 0.2) is 42.5 Å². The standard InChI is InChI=1S/C16H17FN2O2/c1-2-13-5-3-4-6-14(13)11-18-10-12-7-15(17)9-16(8-12)19(20)21/h3-9,18H,2,10-11H2,1H3. The Bertz CT molecular complexity index is 644. The number of hydrogen-bond acceptors (Lipinski definition) is 3. The van der Waals surface area contributed by atoms with Crippen LogP contribution in [0.3, 0.4) is 0 Å². The zero-order chi connectivity index (χ0) is 15.2. The van der Waals surface area contributed by atoms with E-state index in [9.17, 15) is 14.5 Å². The molecule has 0 aromatic heterocycles. The van der Waals surface area contributed by atoms with Gasteiger partial charge in [0, 0.05) is 19.2 Å². The number of nitro benzene ring substituents is 1. The van der Waals surface area contributed by atoms with Crippen molar-refractivity contribution in [1.82, 2.24) is 5.32 Å². The van der Waals surface area contributed by atoms with Crippen LogP contribution >= 0.6 is 0 Å². The van der Waals surface area contributed by atoms with E-state index in [0.717, 1.165) is 12.5 Å². The zero-order valence-corrected chi connectivity index (χ0v) is 11.8. The second-order valence-electron chi connectivity index (χ2n) is 4.80. The van der Waals surface area contributed by atoms with Crippen molar-refractivity contribution >= 4 is 5.69 Å². The smallest absolute Gasteiger partial charge is 0.272 e. The fraction of sp³-hybridized carbons (Fsp3) is 0.250. The molecule has 0 saturated carbocycles. The summed E-state index contributed by atoms with van der Waals surface area (Å²) in [6.45, 7) is 3.12. The predicted molar refractivity (Wildman–Crippen MR) is 79.4 cm³/mol. The molecule has 0 amide bonds. The Morgan fingerprint density at radius 2 is 1.86 bits per heavy atom. The van der Waals surface area contributed by atoms with Gasteiger partial charge in [0.2, 0.25) is 0 Å². The number of nitro groups is 1. The van der Waals surface area contributed by atoms with Crippen molar-refractivity contribution in [1.29, 1.82) is 0 Å². The van der Waals surface area contributed by atoms with Crippen LogP contribution in [-0.2, 0) is 19.5 Å². The maximum atomic E-state index is 13.3. The van der Waals surface area contributed by atoms with Gasteiger partial charge in [-0.05, 0) is 29.2 Å². The maximum absolute atomic E-state index is 13.3. The van der Waals surface area contributed by atoms with Gasteiger partial charge in [-0.15, -0.1) is 0 Å². The Morgan fingerprint density at radius 3 is 2.52 bits per heavy atom. The van der Waals surface area contributed by atoms with E-state index in [1.807, 2.05) is 18.2 Å². The number of rotatable bonds is 6. The lowest BCUT2D eigenvalue weighted by molar-refractivity contribution is -0.385. The highest BCUT2D eigenvalue weighted by Crippen LogP contribution is 2.16. The Labute approximate surface area is 122 Å². The minimum atomic E-state index is -0.588.